The van der Waals surface area contributed by atoms with Crippen LogP contribution < -0.4 is 10.6 Å². The third-order valence-corrected chi connectivity index (χ3v) is 3.99. The van der Waals surface area contributed by atoms with Crippen molar-refractivity contribution < 1.29 is 28.3 Å². The highest BCUT2D eigenvalue weighted by Crippen LogP contribution is 2.09. The van der Waals surface area contributed by atoms with Crippen LogP contribution in [0.3, 0.4) is 0 Å². The molecule has 2 atom stereocenters. The molecule has 148 valence electrons. The lowest BCUT2D eigenvalue weighted by Crippen LogP contribution is -2.52. The molecule has 0 aliphatic carbocycles. The molecule has 0 bridgehead atoms. The molecule has 2 aromatic rings. The van der Waals surface area contributed by atoms with Crippen LogP contribution >= 0.6 is 0 Å². The highest BCUT2D eigenvalue weighted by Gasteiger charge is 2.26. The molecule has 8 heteroatoms. The third kappa shape index (κ3) is 6.46. The maximum atomic E-state index is 13.3. The summed E-state index contributed by atoms with van der Waals surface area (Å²) >= 11 is 0. The quantitative estimate of drug-likeness (QED) is 0.641. The Kier molecular flexibility index (Phi) is 7.20. The first-order valence-corrected chi connectivity index (χ1v) is 8.53. The lowest BCUT2D eigenvalue weighted by molar-refractivity contribution is -0.142. The highest BCUT2D eigenvalue weighted by molar-refractivity contribution is 5.90. The summed E-state index contributed by atoms with van der Waals surface area (Å²) in [5.41, 5.74) is 0.995. The van der Waals surface area contributed by atoms with Crippen LogP contribution in [0.15, 0.2) is 48.5 Å². The number of aliphatic carboxylic acids is 1. The molecule has 28 heavy (non-hydrogen) atoms. The Hall–Kier alpha value is -3.29. The second-order valence-electron chi connectivity index (χ2n) is 6.32. The molecule has 0 saturated carbocycles. The van der Waals surface area contributed by atoms with Gasteiger partial charge in [-0.05, 0) is 35.4 Å². The second kappa shape index (κ2) is 9.59. The number of carbonyl (C=O) groups excluding carboxylic acids is 2. The molecule has 6 nitrogen and oxygen atoms in total. The van der Waals surface area contributed by atoms with Crippen molar-refractivity contribution in [1.82, 2.24) is 10.6 Å². The van der Waals surface area contributed by atoms with Crippen LogP contribution in [0.25, 0.3) is 0 Å². The Labute approximate surface area is 160 Å². The van der Waals surface area contributed by atoms with Gasteiger partial charge >= 0.3 is 5.97 Å². The van der Waals surface area contributed by atoms with E-state index in [1.807, 2.05) is 0 Å². The fourth-order valence-electron chi connectivity index (χ4n) is 2.68. The second-order valence-corrected chi connectivity index (χ2v) is 6.32. The minimum absolute atomic E-state index is 0.0536. The van der Waals surface area contributed by atoms with E-state index in [0.717, 1.165) is 0 Å². The van der Waals surface area contributed by atoms with Crippen molar-refractivity contribution in [1.29, 1.82) is 0 Å². The smallest absolute Gasteiger partial charge is 0.326 e. The molecule has 2 amide bonds. The zero-order valence-electron chi connectivity index (χ0n) is 15.1. The summed E-state index contributed by atoms with van der Waals surface area (Å²) in [5, 5.41) is 14.2. The molecule has 3 N–H and O–H groups in total. The van der Waals surface area contributed by atoms with E-state index in [9.17, 15) is 28.3 Å². The average molecular weight is 390 g/mol. The van der Waals surface area contributed by atoms with Gasteiger partial charge in [-0.2, -0.15) is 0 Å². The van der Waals surface area contributed by atoms with Gasteiger partial charge in [0.2, 0.25) is 11.8 Å². The largest absolute Gasteiger partial charge is 0.480 e. The molecule has 0 saturated heterocycles. The van der Waals surface area contributed by atoms with Crippen molar-refractivity contribution >= 4 is 17.8 Å². The number of amides is 2. The predicted molar refractivity (Wildman–Crippen MR) is 97.4 cm³/mol. The standard InChI is InChI=1S/C20H20F2N2O4/c1-12(25)23-17(10-13-5-7-15(21)8-6-13)19(26)24-18(20(27)28)11-14-3-2-4-16(22)9-14/h2-9,17-18H,10-11H2,1H3,(H,23,25)(H,24,26)(H,27,28)/t17-,18-/m0/s1. The topological polar surface area (TPSA) is 95.5 Å². The predicted octanol–water partition coefficient (Wildman–Crippen LogP) is 1.82. The first-order valence-electron chi connectivity index (χ1n) is 8.53. The fraction of sp³-hybridized carbons (Fsp3) is 0.250. The zero-order valence-corrected chi connectivity index (χ0v) is 15.1. The molecule has 0 spiro atoms. The van der Waals surface area contributed by atoms with Crippen molar-refractivity contribution in [2.45, 2.75) is 31.8 Å². The molecular formula is C20H20F2N2O4. The van der Waals surface area contributed by atoms with Crippen molar-refractivity contribution in [2.24, 2.45) is 0 Å². The van der Waals surface area contributed by atoms with Gasteiger partial charge in [0.15, 0.2) is 0 Å². The Morgan fingerprint density at radius 2 is 1.54 bits per heavy atom. The molecule has 0 fully saturated rings. The number of hydrogen-bond acceptors (Lipinski definition) is 3. The summed E-state index contributed by atoms with van der Waals surface area (Å²) < 4.78 is 26.4. The fourth-order valence-corrected chi connectivity index (χ4v) is 2.68. The van der Waals surface area contributed by atoms with Crippen molar-refractivity contribution in [3.05, 3.63) is 71.3 Å². The Morgan fingerprint density at radius 3 is 2.11 bits per heavy atom. The van der Waals surface area contributed by atoms with Gasteiger partial charge < -0.3 is 15.7 Å². The van der Waals surface area contributed by atoms with Crippen molar-refractivity contribution in [2.75, 3.05) is 0 Å². The lowest BCUT2D eigenvalue weighted by atomic mass is 10.0. The van der Waals surface area contributed by atoms with Gasteiger partial charge in [-0.1, -0.05) is 24.3 Å². The van der Waals surface area contributed by atoms with E-state index in [-0.39, 0.29) is 12.8 Å². The highest BCUT2D eigenvalue weighted by atomic mass is 19.1. The number of rotatable bonds is 8. The number of carboxylic acids is 1. The van der Waals surface area contributed by atoms with Crippen LogP contribution in [0.4, 0.5) is 8.78 Å². The number of hydrogen-bond donors (Lipinski definition) is 3. The summed E-state index contributed by atoms with van der Waals surface area (Å²) in [4.78, 5) is 35.6. The molecule has 0 heterocycles. The maximum Gasteiger partial charge on any atom is 0.326 e. The molecule has 0 aliphatic rings. The van der Waals surface area contributed by atoms with E-state index in [4.69, 9.17) is 0 Å². The number of halogens is 2. The van der Waals surface area contributed by atoms with Crippen molar-refractivity contribution in [3.63, 3.8) is 0 Å². The van der Waals surface area contributed by atoms with E-state index in [0.29, 0.717) is 11.1 Å². The van der Waals surface area contributed by atoms with Crippen LogP contribution in [-0.2, 0) is 27.2 Å². The number of benzene rings is 2. The molecule has 0 aliphatic heterocycles. The number of carbonyl (C=O) groups is 3. The summed E-state index contributed by atoms with van der Waals surface area (Å²) in [6.45, 7) is 1.23. The third-order valence-electron chi connectivity index (χ3n) is 3.99. The Morgan fingerprint density at radius 1 is 0.893 bits per heavy atom. The van der Waals surface area contributed by atoms with Gasteiger partial charge in [0, 0.05) is 19.8 Å². The van der Waals surface area contributed by atoms with Crippen LogP contribution in [0.2, 0.25) is 0 Å². The van der Waals surface area contributed by atoms with E-state index < -0.39 is 41.5 Å². The molecule has 0 radical (unpaired) electrons. The van der Waals surface area contributed by atoms with Gasteiger partial charge in [0.1, 0.15) is 23.7 Å². The minimum Gasteiger partial charge on any atom is -0.480 e. The first kappa shape index (κ1) is 21.0. The Bertz CT molecular complexity index is 856. The van der Waals surface area contributed by atoms with Gasteiger partial charge in [-0.25, -0.2) is 13.6 Å². The Balaban J connectivity index is 2.12. The molecule has 2 rings (SSSR count). The molecule has 0 aromatic heterocycles. The van der Waals surface area contributed by atoms with E-state index in [2.05, 4.69) is 10.6 Å². The van der Waals surface area contributed by atoms with Crippen LogP contribution in [0, 0.1) is 11.6 Å². The van der Waals surface area contributed by atoms with Crippen LogP contribution in [-0.4, -0.2) is 35.0 Å². The zero-order chi connectivity index (χ0) is 20.7. The monoisotopic (exact) mass is 390 g/mol. The van der Waals surface area contributed by atoms with Crippen LogP contribution in [0.5, 0.6) is 0 Å². The summed E-state index contributed by atoms with van der Waals surface area (Å²) in [5.74, 6) is -3.42. The molecule has 2 aromatic carbocycles. The first-order chi connectivity index (χ1) is 13.2. The van der Waals surface area contributed by atoms with E-state index >= 15 is 0 Å². The SMILES string of the molecule is CC(=O)N[C@@H](Cc1ccc(F)cc1)C(=O)N[C@@H](Cc1cccc(F)c1)C(=O)O. The normalized spacial score (nSPS) is 12.7. The van der Waals surface area contributed by atoms with Gasteiger partial charge in [-0.3, -0.25) is 9.59 Å². The van der Waals surface area contributed by atoms with Gasteiger partial charge in [0.25, 0.3) is 0 Å². The van der Waals surface area contributed by atoms with E-state index in [1.54, 1.807) is 6.07 Å². The minimum atomic E-state index is -1.31. The summed E-state index contributed by atoms with van der Waals surface area (Å²) in [6, 6.07) is 8.45. The lowest BCUT2D eigenvalue weighted by Gasteiger charge is -2.21. The molecular weight excluding hydrogens is 370 g/mol. The number of carboxylic acid groups (broad SMARTS) is 1. The molecule has 0 unspecified atom stereocenters. The van der Waals surface area contributed by atoms with Crippen molar-refractivity contribution in [3.8, 4) is 0 Å². The number of nitrogens with one attached hydrogen (secondary N) is 2. The summed E-state index contributed by atoms with van der Waals surface area (Å²) in [7, 11) is 0. The van der Waals surface area contributed by atoms with Gasteiger partial charge in [-0.15, -0.1) is 0 Å². The maximum absolute atomic E-state index is 13.3. The van der Waals surface area contributed by atoms with Gasteiger partial charge in [0.05, 0.1) is 0 Å². The van der Waals surface area contributed by atoms with Crippen LogP contribution in [0.1, 0.15) is 18.1 Å². The van der Waals surface area contributed by atoms with E-state index in [1.165, 1.54) is 49.4 Å². The average Bonchev–Trinajstić information content (AvgIpc) is 2.62. The summed E-state index contributed by atoms with van der Waals surface area (Å²) in [6.07, 6.45) is -0.0693.